The number of nitrogens with zero attached hydrogens (tertiary/aromatic N) is 3. The molecule has 1 aliphatic heterocycles. The van der Waals surface area contributed by atoms with Crippen molar-refractivity contribution in [1.29, 1.82) is 0 Å². The maximum Gasteiger partial charge on any atom is 0.407 e. The summed E-state index contributed by atoms with van der Waals surface area (Å²) in [5.41, 5.74) is 0.397. The number of H-pyrrole nitrogens is 1. The van der Waals surface area contributed by atoms with Crippen LogP contribution in [0.2, 0.25) is 0 Å². The Kier molecular flexibility index (Phi) is 4.57. The van der Waals surface area contributed by atoms with Gasteiger partial charge < -0.3 is 19.7 Å². The second-order valence-corrected chi connectivity index (χ2v) is 6.79. The standard InChI is InChI=1S/C16H23N5O3/c1-16(2,3)24-15(22)18-8-11-10-21(6-7-23-11)14-12-4-5-17-9-13(12)19-20-14/h4-5,9,11H,6-8,10H2,1-3H3,(H,18,22)(H,19,20)/t11-/m1/s1. The molecule has 8 heteroatoms. The Bertz CT molecular complexity index is 709. The number of alkyl carbamates (subject to hydrolysis) is 1. The van der Waals surface area contributed by atoms with Gasteiger partial charge in [-0.2, -0.15) is 5.10 Å². The minimum atomic E-state index is -0.508. The maximum atomic E-state index is 11.8. The van der Waals surface area contributed by atoms with E-state index in [1.165, 1.54) is 0 Å². The molecule has 0 bridgehead atoms. The van der Waals surface area contributed by atoms with Crippen molar-refractivity contribution in [2.24, 2.45) is 0 Å². The Morgan fingerprint density at radius 2 is 2.38 bits per heavy atom. The number of hydrogen-bond donors (Lipinski definition) is 2. The van der Waals surface area contributed by atoms with Crippen LogP contribution in [0.1, 0.15) is 20.8 Å². The van der Waals surface area contributed by atoms with Crippen LogP contribution >= 0.6 is 0 Å². The molecule has 0 radical (unpaired) electrons. The molecular weight excluding hydrogens is 310 g/mol. The van der Waals surface area contributed by atoms with Crippen LogP contribution in [0.5, 0.6) is 0 Å². The number of aromatic amines is 1. The number of hydrogen-bond acceptors (Lipinski definition) is 6. The molecule has 2 N–H and O–H groups in total. The van der Waals surface area contributed by atoms with E-state index in [9.17, 15) is 4.79 Å². The molecule has 1 saturated heterocycles. The first-order chi connectivity index (χ1) is 11.4. The summed E-state index contributed by atoms with van der Waals surface area (Å²) in [6.45, 7) is 7.90. The van der Waals surface area contributed by atoms with Gasteiger partial charge in [0.15, 0.2) is 5.82 Å². The van der Waals surface area contributed by atoms with Crippen molar-refractivity contribution in [1.82, 2.24) is 20.5 Å². The second kappa shape index (κ2) is 6.64. The van der Waals surface area contributed by atoms with Gasteiger partial charge in [0.1, 0.15) is 5.60 Å². The van der Waals surface area contributed by atoms with Crippen LogP contribution in [0.4, 0.5) is 10.6 Å². The van der Waals surface area contributed by atoms with Crippen LogP contribution < -0.4 is 10.2 Å². The fraction of sp³-hybridized carbons (Fsp3) is 0.562. The zero-order valence-electron chi connectivity index (χ0n) is 14.2. The number of anilines is 1. The van der Waals surface area contributed by atoms with Gasteiger partial charge in [0.2, 0.25) is 0 Å². The van der Waals surface area contributed by atoms with Crippen LogP contribution in [-0.2, 0) is 9.47 Å². The van der Waals surface area contributed by atoms with Gasteiger partial charge in [-0.25, -0.2) is 4.79 Å². The molecule has 3 rings (SSSR count). The number of rotatable bonds is 3. The Morgan fingerprint density at radius 1 is 1.54 bits per heavy atom. The number of amides is 1. The third kappa shape index (κ3) is 3.94. The highest BCUT2D eigenvalue weighted by atomic mass is 16.6. The van der Waals surface area contributed by atoms with Gasteiger partial charge in [-0.3, -0.25) is 10.1 Å². The highest BCUT2D eigenvalue weighted by Gasteiger charge is 2.25. The smallest absolute Gasteiger partial charge is 0.407 e. The van der Waals surface area contributed by atoms with E-state index >= 15 is 0 Å². The summed E-state index contributed by atoms with van der Waals surface area (Å²) in [7, 11) is 0. The van der Waals surface area contributed by atoms with Crippen LogP contribution in [0.25, 0.3) is 10.9 Å². The molecule has 0 aromatic carbocycles. The minimum absolute atomic E-state index is 0.111. The summed E-state index contributed by atoms with van der Waals surface area (Å²) in [6, 6.07) is 1.94. The Hall–Kier alpha value is -2.35. The molecule has 1 amide bonds. The Balaban J connectivity index is 1.59. The van der Waals surface area contributed by atoms with Gasteiger partial charge >= 0.3 is 6.09 Å². The molecule has 3 heterocycles. The van der Waals surface area contributed by atoms with Gasteiger partial charge in [-0.1, -0.05) is 0 Å². The lowest BCUT2D eigenvalue weighted by Crippen LogP contribution is -2.48. The van der Waals surface area contributed by atoms with Crippen molar-refractivity contribution in [2.75, 3.05) is 31.1 Å². The molecule has 0 saturated carbocycles. The number of aromatic nitrogens is 3. The van der Waals surface area contributed by atoms with E-state index in [1.807, 2.05) is 26.8 Å². The summed E-state index contributed by atoms with van der Waals surface area (Å²) in [4.78, 5) is 18.0. The van der Waals surface area contributed by atoms with E-state index < -0.39 is 11.7 Å². The Morgan fingerprint density at radius 3 is 3.17 bits per heavy atom. The normalized spacial score (nSPS) is 18.6. The van der Waals surface area contributed by atoms with E-state index in [0.29, 0.717) is 19.7 Å². The summed E-state index contributed by atoms with van der Waals surface area (Å²) >= 11 is 0. The maximum absolute atomic E-state index is 11.8. The van der Waals surface area contributed by atoms with Crippen LogP contribution in [0.3, 0.4) is 0 Å². The van der Waals surface area contributed by atoms with E-state index in [1.54, 1.807) is 12.4 Å². The molecule has 0 aliphatic carbocycles. The summed E-state index contributed by atoms with van der Waals surface area (Å²) in [6.07, 6.45) is 2.97. The largest absolute Gasteiger partial charge is 0.444 e. The zero-order chi connectivity index (χ0) is 17.2. The quantitative estimate of drug-likeness (QED) is 0.888. The fourth-order valence-corrected chi connectivity index (χ4v) is 2.64. The van der Waals surface area contributed by atoms with Gasteiger partial charge in [0.25, 0.3) is 0 Å². The van der Waals surface area contributed by atoms with Crippen LogP contribution in [0, 0.1) is 0 Å². The predicted molar refractivity (Wildman–Crippen MR) is 90.1 cm³/mol. The first-order valence-electron chi connectivity index (χ1n) is 8.04. The zero-order valence-corrected chi connectivity index (χ0v) is 14.2. The minimum Gasteiger partial charge on any atom is -0.444 e. The molecule has 0 spiro atoms. The average Bonchev–Trinajstić information content (AvgIpc) is 2.96. The van der Waals surface area contributed by atoms with Gasteiger partial charge in [-0.15, -0.1) is 0 Å². The number of ether oxygens (including phenoxy) is 2. The molecule has 2 aromatic rings. The number of fused-ring (bicyclic) bond motifs is 1. The molecule has 2 aromatic heterocycles. The van der Waals surface area contributed by atoms with Crippen molar-refractivity contribution < 1.29 is 14.3 Å². The lowest BCUT2D eigenvalue weighted by molar-refractivity contribution is 0.0282. The van der Waals surface area contributed by atoms with E-state index in [0.717, 1.165) is 23.3 Å². The SMILES string of the molecule is CC(C)(C)OC(=O)NC[C@@H]1CN(c2n[nH]c3cnccc23)CCO1. The number of carbonyl (C=O) groups is 1. The van der Waals surface area contributed by atoms with Crippen molar-refractivity contribution in [3.63, 3.8) is 0 Å². The van der Waals surface area contributed by atoms with Gasteiger partial charge in [-0.05, 0) is 26.8 Å². The second-order valence-electron chi connectivity index (χ2n) is 6.79. The number of carbonyl (C=O) groups excluding carboxylic acids is 1. The lowest BCUT2D eigenvalue weighted by Gasteiger charge is -2.33. The van der Waals surface area contributed by atoms with Crippen molar-refractivity contribution in [3.8, 4) is 0 Å². The third-order valence-corrected chi connectivity index (χ3v) is 3.66. The molecule has 1 atom stereocenters. The van der Waals surface area contributed by atoms with E-state index in [4.69, 9.17) is 9.47 Å². The summed E-state index contributed by atoms with van der Waals surface area (Å²) < 4.78 is 11.0. The number of pyridine rings is 1. The fourth-order valence-electron chi connectivity index (χ4n) is 2.64. The lowest BCUT2D eigenvalue weighted by atomic mass is 10.2. The third-order valence-electron chi connectivity index (χ3n) is 3.66. The van der Waals surface area contributed by atoms with Gasteiger partial charge in [0.05, 0.1) is 24.4 Å². The Labute approximate surface area is 140 Å². The molecule has 130 valence electrons. The summed E-state index contributed by atoms with van der Waals surface area (Å²) in [5, 5.41) is 11.2. The molecule has 1 aliphatic rings. The predicted octanol–water partition coefficient (Wildman–Crippen LogP) is 1.69. The van der Waals surface area contributed by atoms with E-state index in [2.05, 4.69) is 25.4 Å². The molecule has 24 heavy (non-hydrogen) atoms. The highest BCUT2D eigenvalue weighted by molar-refractivity contribution is 5.89. The molecule has 1 fully saturated rings. The summed E-state index contributed by atoms with van der Waals surface area (Å²) in [5.74, 6) is 0.887. The van der Waals surface area contributed by atoms with E-state index in [-0.39, 0.29) is 6.10 Å². The number of nitrogens with one attached hydrogen (secondary N) is 2. The molecular formula is C16H23N5O3. The average molecular weight is 333 g/mol. The first-order valence-corrected chi connectivity index (χ1v) is 8.04. The topological polar surface area (TPSA) is 92.4 Å². The monoisotopic (exact) mass is 333 g/mol. The van der Waals surface area contributed by atoms with Crippen molar-refractivity contribution >= 4 is 22.8 Å². The van der Waals surface area contributed by atoms with Crippen LogP contribution in [-0.4, -0.2) is 59.2 Å². The van der Waals surface area contributed by atoms with Crippen LogP contribution in [0.15, 0.2) is 18.5 Å². The number of morpholine rings is 1. The molecule has 0 unspecified atom stereocenters. The van der Waals surface area contributed by atoms with Crippen molar-refractivity contribution in [3.05, 3.63) is 18.5 Å². The highest BCUT2D eigenvalue weighted by Crippen LogP contribution is 2.24. The molecule has 8 nitrogen and oxygen atoms in total. The van der Waals surface area contributed by atoms with Gasteiger partial charge in [0, 0.05) is 31.2 Å². The van der Waals surface area contributed by atoms with Crippen molar-refractivity contribution in [2.45, 2.75) is 32.5 Å². The first kappa shape index (κ1) is 16.5.